The summed E-state index contributed by atoms with van der Waals surface area (Å²) < 4.78 is 6.39. The molecule has 0 atom stereocenters. The Kier molecular flexibility index (Phi) is 5.26. The SMILES string of the molecule is C=CCCCOc1ccc(C(C)=O)cc1Br. The van der Waals surface area contributed by atoms with Crippen molar-refractivity contribution in [1.82, 2.24) is 0 Å². The van der Waals surface area contributed by atoms with Gasteiger partial charge in [-0.15, -0.1) is 6.58 Å². The van der Waals surface area contributed by atoms with Gasteiger partial charge in [-0.05, 0) is 53.9 Å². The average molecular weight is 283 g/mol. The molecule has 1 aromatic carbocycles. The second-order valence-electron chi connectivity index (χ2n) is 3.48. The van der Waals surface area contributed by atoms with Gasteiger partial charge in [0.1, 0.15) is 5.75 Å². The maximum Gasteiger partial charge on any atom is 0.159 e. The summed E-state index contributed by atoms with van der Waals surface area (Å²) in [5.41, 5.74) is 0.685. The number of rotatable bonds is 6. The number of carbonyl (C=O) groups excluding carboxylic acids is 1. The smallest absolute Gasteiger partial charge is 0.159 e. The molecule has 0 spiro atoms. The van der Waals surface area contributed by atoms with Crippen molar-refractivity contribution in [3.8, 4) is 5.75 Å². The van der Waals surface area contributed by atoms with E-state index in [1.54, 1.807) is 19.1 Å². The molecule has 0 amide bonds. The van der Waals surface area contributed by atoms with Crippen molar-refractivity contribution in [3.63, 3.8) is 0 Å². The van der Waals surface area contributed by atoms with Crippen molar-refractivity contribution < 1.29 is 9.53 Å². The third-order valence-electron chi connectivity index (χ3n) is 2.15. The molecule has 0 aliphatic carbocycles. The predicted molar refractivity (Wildman–Crippen MR) is 69.1 cm³/mol. The number of hydrogen-bond donors (Lipinski definition) is 0. The lowest BCUT2D eigenvalue weighted by Crippen LogP contribution is -1.99. The van der Waals surface area contributed by atoms with E-state index in [2.05, 4.69) is 22.5 Å². The number of unbranched alkanes of at least 4 members (excludes halogenated alkanes) is 1. The van der Waals surface area contributed by atoms with Gasteiger partial charge in [-0.3, -0.25) is 4.79 Å². The fourth-order valence-electron chi connectivity index (χ4n) is 1.25. The van der Waals surface area contributed by atoms with Crippen LogP contribution in [0.3, 0.4) is 0 Å². The van der Waals surface area contributed by atoms with Crippen molar-refractivity contribution in [2.45, 2.75) is 19.8 Å². The van der Waals surface area contributed by atoms with Crippen LogP contribution in [-0.2, 0) is 0 Å². The minimum Gasteiger partial charge on any atom is -0.492 e. The van der Waals surface area contributed by atoms with Gasteiger partial charge in [0.05, 0.1) is 11.1 Å². The molecule has 0 saturated carbocycles. The first-order chi connectivity index (χ1) is 7.65. The average Bonchev–Trinajstić information content (AvgIpc) is 2.26. The first-order valence-corrected chi connectivity index (χ1v) is 5.98. The van der Waals surface area contributed by atoms with Gasteiger partial charge in [0, 0.05) is 5.56 Å². The Balaban J connectivity index is 2.61. The van der Waals surface area contributed by atoms with Crippen molar-refractivity contribution >= 4 is 21.7 Å². The molecule has 0 fully saturated rings. The Hall–Kier alpha value is -1.09. The van der Waals surface area contributed by atoms with Crippen LogP contribution in [0.15, 0.2) is 35.3 Å². The zero-order chi connectivity index (χ0) is 12.0. The molecule has 3 heteroatoms. The van der Waals surface area contributed by atoms with E-state index in [9.17, 15) is 4.79 Å². The zero-order valence-corrected chi connectivity index (χ0v) is 10.9. The summed E-state index contributed by atoms with van der Waals surface area (Å²) in [7, 11) is 0. The van der Waals surface area contributed by atoms with Crippen LogP contribution < -0.4 is 4.74 Å². The van der Waals surface area contributed by atoms with Crippen LogP contribution in [-0.4, -0.2) is 12.4 Å². The van der Waals surface area contributed by atoms with Crippen LogP contribution in [0.4, 0.5) is 0 Å². The van der Waals surface area contributed by atoms with E-state index in [0.717, 1.165) is 23.1 Å². The summed E-state index contributed by atoms with van der Waals surface area (Å²) in [6.07, 6.45) is 3.77. The van der Waals surface area contributed by atoms with Crippen LogP contribution >= 0.6 is 15.9 Å². The predicted octanol–water partition coefficient (Wildman–Crippen LogP) is 4.00. The van der Waals surface area contributed by atoms with Gasteiger partial charge in [0.25, 0.3) is 0 Å². The molecule has 86 valence electrons. The maximum absolute atomic E-state index is 11.1. The summed E-state index contributed by atoms with van der Waals surface area (Å²) in [6, 6.07) is 5.37. The van der Waals surface area contributed by atoms with Crippen LogP contribution in [0.5, 0.6) is 5.75 Å². The summed E-state index contributed by atoms with van der Waals surface area (Å²) >= 11 is 3.39. The quantitative estimate of drug-likeness (QED) is 0.448. The van der Waals surface area contributed by atoms with Crippen LogP contribution in [0.1, 0.15) is 30.1 Å². The first-order valence-electron chi connectivity index (χ1n) is 5.19. The fraction of sp³-hybridized carbons (Fsp3) is 0.308. The molecule has 0 aliphatic rings. The molecule has 0 bridgehead atoms. The highest BCUT2D eigenvalue weighted by Crippen LogP contribution is 2.26. The minimum absolute atomic E-state index is 0.0545. The fourth-order valence-corrected chi connectivity index (χ4v) is 1.74. The van der Waals surface area contributed by atoms with Gasteiger partial charge in [-0.25, -0.2) is 0 Å². The van der Waals surface area contributed by atoms with Gasteiger partial charge in [-0.1, -0.05) is 6.08 Å². The van der Waals surface area contributed by atoms with Crippen molar-refractivity contribution in [2.24, 2.45) is 0 Å². The van der Waals surface area contributed by atoms with E-state index in [0.29, 0.717) is 12.2 Å². The number of carbonyl (C=O) groups is 1. The van der Waals surface area contributed by atoms with Gasteiger partial charge in [0.15, 0.2) is 5.78 Å². The second kappa shape index (κ2) is 6.48. The van der Waals surface area contributed by atoms with E-state index in [1.165, 1.54) is 0 Å². The van der Waals surface area contributed by atoms with E-state index in [-0.39, 0.29) is 5.78 Å². The highest BCUT2D eigenvalue weighted by Gasteiger charge is 2.05. The Morgan fingerprint density at radius 3 is 2.88 bits per heavy atom. The second-order valence-corrected chi connectivity index (χ2v) is 4.34. The van der Waals surface area contributed by atoms with Crippen molar-refractivity contribution in [3.05, 3.63) is 40.9 Å². The molecule has 0 saturated heterocycles. The molecular formula is C13H15BrO2. The largest absolute Gasteiger partial charge is 0.492 e. The highest BCUT2D eigenvalue weighted by molar-refractivity contribution is 9.10. The van der Waals surface area contributed by atoms with Gasteiger partial charge < -0.3 is 4.74 Å². The van der Waals surface area contributed by atoms with Crippen LogP contribution in [0.25, 0.3) is 0 Å². The minimum atomic E-state index is 0.0545. The molecule has 0 aromatic heterocycles. The Bertz CT molecular complexity index is 386. The van der Waals surface area contributed by atoms with Gasteiger partial charge in [-0.2, -0.15) is 0 Å². The Morgan fingerprint density at radius 1 is 1.56 bits per heavy atom. The Labute approximate surface area is 104 Å². The molecule has 0 unspecified atom stereocenters. The lowest BCUT2D eigenvalue weighted by atomic mass is 10.1. The standard InChI is InChI=1S/C13H15BrO2/c1-3-4-5-8-16-13-7-6-11(10(2)15)9-12(13)14/h3,6-7,9H,1,4-5,8H2,2H3. The molecule has 2 nitrogen and oxygen atoms in total. The van der Waals surface area contributed by atoms with Gasteiger partial charge in [0.2, 0.25) is 0 Å². The lowest BCUT2D eigenvalue weighted by molar-refractivity contribution is 0.101. The van der Waals surface area contributed by atoms with E-state index in [1.807, 2.05) is 12.1 Å². The maximum atomic E-state index is 11.1. The first kappa shape index (κ1) is 13.0. The summed E-state index contributed by atoms with van der Waals surface area (Å²) in [6.45, 7) is 5.86. The molecule has 1 aromatic rings. The van der Waals surface area contributed by atoms with Crippen molar-refractivity contribution in [2.75, 3.05) is 6.61 Å². The lowest BCUT2D eigenvalue weighted by Gasteiger charge is -2.08. The third-order valence-corrected chi connectivity index (χ3v) is 2.77. The van der Waals surface area contributed by atoms with E-state index >= 15 is 0 Å². The zero-order valence-electron chi connectivity index (χ0n) is 9.33. The van der Waals surface area contributed by atoms with Crippen LogP contribution in [0.2, 0.25) is 0 Å². The molecule has 16 heavy (non-hydrogen) atoms. The normalized spacial score (nSPS) is 9.88. The topological polar surface area (TPSA) is 26.3 Å². The number of ether oxygens (including phenoxy) is 1. The molecule has 0 N–H and O–H groups in total. The molecule has 0 aliphatic heterocycles. The van der Waals surface area contributed by atoms with Crippen LogP contribution in [0, 0.1) is 0 Å². The van der Waals surface area contributed by atoms with E-state index in [4.69, 9.17) is 4.74 Å². The monoisotopic (exact) mass is 282 g/mol. The molecule has 0 heterocycles. The summed E-state index contributed by atoms with van der Waals surface area (Å²) in [5.74, 6) is 0.827. The highest BCUT2D eigenvalue weighted by atomic mass is 79.9. The number of allylic oxidation sites excluding steroid dienone is 1. The summed E-state index contributed by atoms with van der Waals surface area (Å²) in [4.78, 5) is 11.1. The number of halogens is 1. The Morgan fingerprint density at radius 2 is 2.31 bits per heavy atom. The van der Waals surface area contributed by atoms with Gasteiger partial charge >= 0.3 is 0 Å². The number of benzene rings is 1. The molecular weight excluding hydrogens is 268 g/mol. The number of ketones is 1. The van der Waals surface area contributed by atoms with Crippen molar-refractivity contribution in [1.29, 1.82) is 0 Å². The molecule has 1 rings (SSSR count). The number of Topliss-reactive ketones (excluding diaryl/α,β-unsaturated/α-hetero) is 1. The third kappa shape index (κ3) is 3.81. The molecule has 0 radical (unpaired) electrons. The number of hydrogen-bond acceptors (Lipinski definition) is 2. The van der Waals surface area contributed by atoms with E-state index < -0.39 is 0 Å². The summed E-state index contributed by atoms with van der Waals surface area (Å²) in [5, 5.41) is 0.